The normalized spacial score (nSPS) is 11.3. The van der Waals surface area contributed by atoms with E-state index in [1.54, 1.807) is 13.8 Å². The van der Waals surface area contributed by atoms with Gasteiger partial charge in [-0.2, -0.15) is 0 Å². The van der Waals surface area contributed by atoms with E-state index in [0.29, 0.717) is 5.56 Å². The van der Waals surface area contributed by atoms with Crippen molar-refractivity contribution in [3.8, 4) is 5.75 Å². The number of ketones is 1. The van der Waals surface area contributed by atoms with E-state index in [4.69, 9.17) is 0 Å². The van der Waals surface area contributed by atoms with Crippen LogP contribution < -0.4 is 4.74 Å². The lowest BCUT2D eigenvalue weighted by molar-refractivity contribution is -0.274. The molecule has 0 unspecified atom stereocenters. The zero-order valence-corrected chi connectivity index (χ0v) is 8.89. The van der Waals surface area contributed by atoms with E-state index in [1.165, 1.54) is 12.1 Å². The van der Waals surface area contributed by atoms with Crippen molar-refractivity contribution in [2.45, 2.75) is 26.6 Å². The maximum absolute atomic E-state index is 12.0. The van der Waals surface area contributed by atoms with Gasteiger partial charge in [-0.15, -0.1) is 13.2 Å². The monoisotopic (exact) mass is 232 g/mol. The minimum atomic E-state index is -4.74. The number of carbonyl (C=O) groups is 1. The fourth-order valence-corrected chi connectivity index (χ4v) is 1.31. The van der Waals surface area contributed by atoms with Crippen molar-refractivity contribution in [1.29, 1.82) is 0 Å². The van der Waals surface area contributed by atoms with Gasteiger partial charge in [0.15, 0.2) is 5.78 Å². The number of rotatable bonds is 3. The topological polar surface area (TPSA) is 26.3 Å². The molecule has 0 radical (unpaired) electrons. The molecule has 0 atom stereocenters. The second kappa shape index (κ2) is 4.55. The Morgan fingerprint density at radius 2 is 1.94 bits per heavy atom. The Balaban J connectivity index is 3.03. The molecule has 1 rings (SSSR count). The third kappa shape index (κ3) is 3.56. The van der Waals surface area contributed by atoms with Crippen LogP contribution in [0.15, 0.2) is 18.2 Å². The van der Waals surface area contributed by atoms with Crippen LogP contribution in [-0.4, -0.2) is 12.1 Å². The van der Waals surface area contributed by atoms with Gasteiger partial charge in [-0.1, -0.05) is 6.92 Å². The summed E-state index contributed by atoms with van der Waals surface area (Å²) in [7, 11) is 0. The van der Waals surface area contributed by atoms with E-state index in [2.05, 4.69) is 4.74 Å². The minimum Gasteiger partial charge on any atom is -0.406 e. The average Bonchev–Trinajstić information content (AvgIpc) is 2.12. The molecule has 0 bridgehead atoms. The molecule has 0 saturated heterocycles. The summed E-state index contributed by atoms with van der Waals surface area (Å²) in [6.45, 7) is 3.25. The fraction of sp³-hybridized carbons (Fsp3) is 0.364. The van der Waals surface area contributed by atoms with Crippen molar-refractivity contribution in [2.24, 2.45) is 0 Å². The molecule has 0 aliphatic rings. The van der Waals surface area contributed by atoms with E-state index in [0.717, 1.165) is 6.07 Å². The van der Waals surface area contributed by atoms with E-state index in [-0.39, 0.29) is 23.5 Å². The summed E-state index contributed by atoms with van der Waals surface area (Å²) in [4.78, 5) is 11.3. The average molecular weight is 232 g/mol. The SMILES string of the molecule is CCC(=O)c1cc(C)cc(OC(F)(F)F)c1. The van der Waals surface area contributed by atoms with Crippen molar-refractivity contribution in [1.82, 2.24) is 0 Å². The smallest absolute Gasteiger partial charge is 0.406 e. The zero-order chi connectivity index (χ0) is 12.3. The van der Waals surface area contributed by atoms with Gasteiger partial charge in [0, 0.05) is 12.0 Å². The summed E-state index contributed by atoms with van der Waals surface area (Å²) in [6.07, 6.45) is -4.49. The molecule has 16 heavy (non-hydrogen) atoms. The summed E-state index contributed by atoms with van der Waals surface area (Å²) >= 11 is 0. The number of ether oxygens (including phenoxy) is 1. The van der Waals surface area contributed by atoms with Gasteiger partial charge < -0.3 is 4.74 Å². The number of benzene rings is 1. The van der Waals surface area contributed by atoms with Crippen LogP contribution in [0.25, 0.3) is 0 Å². The number of carbonyl (C=O) groups excluding carboxylic acids is 1. The van der Waals surface area contributed by atoms with Crippen LogP contribution in [0.1, 0.15) is 29.3 Å². The highest BCUT2D eigenvalue weighted by atomic mass is 19.4. The summed E-state index contributed by atoms with van der Waals surface area (Å²) in [5.41, 5.74) is 0.792. The molecule has 5 heteroatoms. The Bertz CT molecular complexity index is 397. The maximum atomic E-state index is 12.0. The Morgan fingerprint density at radius 3 is 2.44 bits per heavy atom. The van der Waals surface area contributed by atoms with Crippen molar-refractivity contribution >= 4 is 5.78 Å². The molecule has 0 aromatic heterocycles. The number of halogens is 3. The minimum absolute atomic E-state index is 0.212. The molecule has 1 aromatic carbocycles. The quantitative estimate of drug-likeness (QED) is 0.745. The third-order valence-corrected chi connectivity index (χ3v) is 1.93. The van der Waals surface area contributed by atoms with Crippen LogP contribution in [0.3, 0.4) is 0 Å². The first-order valence-corrected chi connectivity index (χ1v) is 4.72. The fourth-order valence-electron chi connectivity index (χ4n) is 1.31. The van der Waals surface area contributed by atoms with Gasteiger partial charge in [0.2, 0.25) is 0 Å². The number of hydrogen-bond donors (Lipinski definition) is 0. The lowest BCUT2D eigenvalue weighted by Gasteiger charge is -2.10. The number of aryl methyl sites for hydroxylation is 1. The van der Waals surface area contributed by atoms with E-state index < -0.39 is 6.36 Å². The molecule has 0 aliphatic heterocycles. The highest BCUT2D eigenvalue weighted by Gasteiger charge is 2.31. The lowest BCUT2D eigenvalue weighted by Crippen LogP contribution is -2.17. The number of Topliss-reactive ketones (excluding diaryl/α,β-unsaturated/α-hetero) is 1. The van der Waals surface area contributed by atoms with Crippen LogP contribution in [0.2, 0.25) is 0 Å². The van der Waals surface area contributed by atoms with Crippen molar-refractivity contribution in [3.05, 3.63) is 29.3 Å². The molecule has 0 N–H and O–H groups in total. The first kappa shape index (κ1) is 12.5. The first-order chi connectivity index (χ1) is 7.31. The van der Waals surface area contributed by atoms with Crippen LogP contribution in [0.5, 0.6) is 5.75 Å². The molecule has 0 spiro atoms. The molecular formula is C11H11F3O2. The molecule has 2 nitrogen and oxygen atoms in total. The summed E-state index contributed by atoms with van der Waals surface area (Å²) in [6, 6.07) is 3.88. The van der Waals surface area contributed by atoms with Crippen molar-refractivity contribution < 1.29 is 22.7 Å². The first-order valence-electron chi connectivity index (χ1n) is 4.72. The van der Waals surface area contributed by atoms with Gasteiger partial charge in [0.05, 0.1) is 0 Å². The second-order valence-electron chi connectivity index (χ2n) is 3.36. The van der Waals surface area contributed by atoms with Crippen LogP contribution in [-0.2, 0) is 0 Å². The molecule has 0 aliphatic carbocycles. The molecule has 0 heterocycles. The largest absolute Gasteiger partial charge is 0.573 e. The van der Waals surface area contributed by atoms with Crippen LogP contribution in [0.4, 0.5) is 13.2 Å². The Morgan fingerprint density at radius 1 is 1.31 bits per heavy atom. The second-order valence-corrected chi connectivity index (χ2v) is 3.36. The third-order valence-electron chi connectivity index (χ3n) is 1.93. The molecule has 0 saturated carbocycles. The van der Waals surface area contributed by atoms with Gasteiger partial charge in [-0.05, 0) is 30.7 Å². The van der Waals surface area contributed by atoms with Crippen molar-refractivity contribution in [2.75, 3.05) is 0 Å². The molecule has 1 aromatic rings. The molecule has 88 valence electrons. The summed E-state index contributed by atoms with van der Waals surface area (Å²) in [5.74, 6) is -0.569. The van der Waals surface area contributed by atoms with Crippen molar-refractivity contribution in [3.63, 3.8) is 0 Å². The predicted molar refractivity (Wildman–Crippen MR) is 52.5 cm³/mol. The van der Waals surface area contributed by atoms with Crippen LogP contribution in [0, 0.1) is 6.92 Å². The summed E-state index contributed by atoms with van der Waals surface area (Å²) < 4.78 is 39.7. The zero-order valence-electron chi connectivity index (χ0n) is 8.89. The Kier molecular flexibility index (Phi) is 3.57. The Labute approximate surface area is 91.0 Å². The Hall–Kier alpha value is -1.52. The van der Waals surface area contributed by atoms with Gasteiger partial charge in [-0.25, -0.2) is 0 Å². The number of alkyl halides is 3. The van der Waals surface area contributed by atoms with Gasteiger partial charge in [-0.3, -0.25) is 4.79 Å². The molecule has 0 fully saturated rings. The van der Waals surface area contributed by atoms with E-state index >= 15 is 0 Å². The highest BCUT2D eigenvalue weighted by Crippen LogP contribution is 2.25. The van der Waals surface area contributed by atoms with Gasteiger partial charge in [0.25, 0.3) is 0 Å². The van der Waals surface area contributed by atoms with E-state index in [9.17, 15) is 18.0 Å². The highest BCUT2D eigenvalue weighted by molar-refractivity contribution is 5.96. The standard InChI is InChI=1S/C11H11F3O2/c1-3-10(15)8-4-7(2)5-9(6-8)16-11(12,13)14/h4-6H,3H2,1-2H3. The van der Waals surface area contributed by atoms with Gasteiger partial charge >= 0.3 is 6.36 Å². The molecular weight excluding hydrogens is 221 g/mol. The molecule has 0 amide bonds. The maximum Gasteiger partial charge on any atom is 0.573 e. The summed E-state index contributed by atoms with van der Waals surface area (Å²) in [5, 5.41) is 0. The van der Waals surface area contributed by atoms with Crippen LogP contribution >= 0.6 is 0 Å². The van der Waals surface area contributed by atoms with Gasteiger partial charge in [0.1, 0.15) is 5.75 Å². The number of hydrogen-bond acceptors (Lipinski definition) is 2. The predicted octanol–water partition coefficient (Wildman–Crippen LogP) is 3.49. The lowest BCUT2D eigenvalue weighted by atomic mass is 10.1. The van der Waals surface area contributed by atoms with E-state index in [1.807, 2.05) is 0 Å².